The van der Waals surface area contributed by atoms with Crippen molar-refractivity contribution in [3.05, 3.63) is 35.4 Å². The predicted octanol–water partition coefficient (Wildman–Crippen LogP) is 1.86. The molecule has 1 atom stereocenters. The highest BCUT2D eigenvalue weighted by molar-refractivity contribution is 5.96. The molecule has 1 aromatic carbocycles. The lowest BCUT2D eigenvalue weighted by atomic mass is 10.0. The summed E-state index contributed by atoms with van der Waals surface area (Å²) in [5, 5.41) is 3.33. The standard InChI is InChI=1S/C15H22N2O/c1-12-3-5-14(6-4-12)15(18)11-13(2)17-9-7-16-8-10-17/h3-6,13,16H,7-11H2,1-2H3. The molecule has 1 saturated heterocycles. The molecule has 0 amide bonds. The van der Waals surface area contributed by atoms with Gasteiger partial charge in [0.25, 0.3) is 0 Å². The van der Waals surface area contributed by atoms with Crippen LogP contribution in [0, 0.1) is 6.92 Å². The summed E-state index contributed by atoms with van der Waals surface area (Å²) in [6, 6.07) is 8.20. The number of hydrogen-bond donors (Lipinski definition) is 1. The predicted molar refractivity (Wildman–Crippen MR) is 74.0 cm³/mol. The first-order chi connectivity index (χ1) is 8.66. The Hall–Kier alpha value is -1.19. The molecule has 0 spiro atoms. The highest BCUT2D eigenvalue weighted by Gasteiger charge is 2.19. The normalized spacial score (nSPS) is 18.6. The van der Waals surface area contributed by atoms with E-state index < -0.39 is 0 Å². The Labute approximate surface area is 109 Å². The van der Waals surface area contributed by atoms with Crippen LogP contribution >= 0.6 is 0 Å². The molecule has 0 bridgehead atoms. The fourth-order valence-corrected chi connectivity index (χ4v) is 2.38. The molecule has 1 heterocycles. The molecule has 3 nitrogen and oxygen atoms in total. The SMILES string of the molecule is Cc1ccc(C(=O)CC(C)N2CCNCC2)cc1. The number of Topliss-reactive ketones (excluding diaryl/α,β-unsaturated/α-hetero) is 1. The van der Waals surface area contributed by atoms with E-state index in [1.807, 2.05) is 31.2 Å². The van der Waals surface area contributed by atoms with Crippen LogP contribution in [0.3, 0.4) is 0 Å². The number of rotatable bonds is 4. The Morgan fingerprint density at radius 3 is 2.50 bits per heavy atom. The van der Waals surface area contributed by atoms with Gasteiger partial charge in [0.05, 0.1) is 0 Å². The summed E-state index contributed by atoms with van der Waals surface area (Å²) < 4.78 is 0. The van der Waals surface area contributed by atoms with E-state index in [1.54, 1.807) is 0 Å². The van der Waals surface area contributed by atoms with Crippen LogP contribution in [0.25, 0.3) is 0 Å². The Morgan fingerprint density at radius 2 is 1.89 bits per heavy atom. The quantitative estimate of drug-likeness (QED) is 0.823. The van der Waals surface area contributed by atoms with Crippen LogP contribution in [0.15, 0.2) is 24.3 Å². The van der Waals surface area contributed by atoms with Crippen molar-refractivity contribution in [2.24, 2.45) is 0 Å². The van der Waals surface area contributed by atoms with Gasteiger partial charge in [0.15, 0.2) is 5.78 Å². The van der Waals surface area contributed by atoms with Crippen molar-refractivity contribution in [2.75, 3.05) is 26.2 Å². The smallest absolute Gasteiger partial charge is 0.164 e. The van der Waals surface area contributed by atoms with E-state index in [2.05, 4.69) is 17.1 Å². The van der Waals surface area contributed by atoms with Crippen LogP contribution in [-0.4, -0.2) is 42.9 Å². The second kappa shape index (κ2) is 6.12. The van der Waals surface area contributed by atoms with E-state index in [1.165, 1.54) is 5.56 Å². The van der Waals surface area contributed by atoms with E-state index in [-0.39, 0.29) is 5.78 Å². The summed E-state index contributed by atoms with van der Waals surface area (Å²) in [7, 11) is 0. The number of benzene rings is 1. The monoisotopic (exact) mass is 246 g/mol. The van der Waals surface area contributed by atoms with Crippen LogP contribution in [-0.2, 0) is 0 Å². The largest absolute Gasteiger partial charge is 0.314 e. The second-order valence-electron chi connectivity index (χ2n) is 5.13. The molecule has 1 N–H and O–H groups in total. The van der Waals surface area contributed by atoms with E-state index in [0.717, 1.165) is 31.7 Å². The number of carbonyl (C=O) groups is 1. The van der Waals surface area contributed by atoms with Crippen molar-refractivity contribution in [3.63, 3.8) is 0 Å². The van der Waals surface area contributed by atoms with Crippen molar-refractivity contribution in [1.82, 2.24) is 10.2 Å². The van der Waals surface area contributed by atoms with Gasteiger partial charge in [-0.3, -0.25) is 9.69 Å². The number of aryl methyl sites for hydroxylation is 1. The summed E-state index contributed by atoms with van der Waals surface area (Å²) in [4.78, 5) is 14.6. The maximum Gasteiger partial charge on any atom is 0.164 e. The highest BCUT2D eigenvalue weighted by atomic mass is 16.1. The summed E-state index contributed by atoms with van der Waals surface area (Å²) in [6.07, 6.45) is 0.614. The van der Waals surface area contributed by atoms with Gasteiger partial charge in [-0.05, 0) is 13.8 Å². The lowest BCUT2D eigenvalue weighted by Crippen LogP contribution is -2.48. The van der Waals surface area contributed by atoms with Gasteiger partial charge in [-0.25, -0.2) is 0 Å². The van der Waals surface area contributed by atoms with Crippen molar-refractivity contribution >= 4 is 5.78 Å². The first-order valence-electron chi connectivity index (χ1n) is 6.71. The maximum atomic E-state index is 12.2. The van der Waals surface area contributed by atoms with E-state index in [9.17, 15) is 4.79 Å². The molecule has 0 saturated carbocycles. The van der Waals surface area contributed by atoms with Gasteiger partial charge in [0.1, 0.15) is 0 Å². The molecule has 2 rings (SSSR count). The summed E-state index contributed by atoms with van der Waals surface area (Å²) >= 11 is 0. The molecular weight excluding hydrogens is 224 g/mol. The number of nitrogens with zero attached hydrogens (tertiary/aromatic N) is 1. The van der Waals surface area contributed by atoms with E-state index in [0.29, 0.717) is 12.5 Å². The van der Waals surface area contributed by atoms with Crippen LogP contribution in [0.2, 0.25) is 0 Å². The summed E-state index contributed by atoms with van der Waals surface area (Å²) in [5.41, 5.74) is 2.03. The first kappa shape index (κ1) is 13.2. The molecular formula is C15H22N2O. The van der Waals surface area contributed by atoms with Gasteiger partial charge in [0.2, 0.25) is 0 Å². The lowest BCUT2D eigenvalue weighted by Gasteiger charge is -2.32. The van der Waals surface area contributed by atoms with Crippen molar-refractivity contribution in [1.29, 1.82) is 0 Å². The number of nitrogens with one attached hydrogen (secondary N) is 1. The van der Waals surface area contributed by atoms with Gasteiger partial charge < -0.3 is 5.32 Å². The van der Waals surface area contributed by atoms with Crippen molar-refractivity contribution < 1.29 is 4.79 Å². The third-order valence-electron chi connectivity index (χ3n) is 3.63. The molecule has 0 aromatic heterocycles. The van der Waals surface area contributed by atoms with Crippen LogP contribution in [0.1, 0.15) is 29.3 Å². The fourth-order valence-electron chi connectivity index (χ4n) is 2.38. The van der Waals surface area contributed by atoms with E-state index in [4.69, 9.17) is 0 Å². The highest BCUT2D eigenvalue weighted by Crippen LogP contribution is 2.11. The van der Waals surface area contributed by atoms with Crippen molar-refractivity contribution in [3.8, 4) is 0 Å². The Kier molecular flexibility index (Phi) is 4.50. The Morgan fingerprint density at radius 1 is 1.28 bits per heavy atom. The van der Waals surface area contributed by atoms with Gasteiger partial charge in [-0.15, -0.1) is 0 Å². The molecule has 18 heavy (non-hydrogen) atoms. The third-order valence-corrected chi connectivity index (χ3v) is 3.63. The molecule has 1 unspecified atom stereocenters. The molecule has 1 aliphatic rings. The van der Waals surface area contributed by atoms with Gasteiger partial charge in [-0.2, -0.15) is 0 Å². The zero-order chi connectivity index (χ0) is 13.0. The summed E-state index contributed by atoms with van der Waals surface area (Å²) in [6.45, 7) is 8.34. The van der Waals surface area contributed by atoms with Crippen LogP contribution in [0.5, 0.6) is 0 Å². The second-order valence-corrected chi connectivity index (χ2v) is 5.13. The molecule has 0 aliphatic carbocycles. The fraction of sp³-hybridized carbons (Fsp3) is 0.533. The Balaban J connectivity index is 1.91. The Bertz CT molecular complexity index is 393. The maximum absolute atomic E-state index is 12.2. The minimum Gasteiger partial charge on any atom is -0.314 e. The number of hydrogen-bond acceptors (Lipinski definition) is 3. The average Bonchev–Trinajstić information content (AvgIpc) is 2.40. The van der Waals surface area contributed by atoms with Crippen LogP contribution < -0.4 is 5.32 Å². The van der Waals surface area contributed by atoms with Gasteiger partial charge in [-0.1, -0.05) is 29.8 Å². The minimum absolute atomic E-state index is 0.251. The zero-order valence-electron chi connectivity index (χ0n) is 11.3. The minimum atomic E-state index is 0.251. The molecule has 0 radical (unpaired) electrons. The topological polar surface area (TPSA) is 32.3 Å². The number of carbonyl (C=O) groups excluding carboxylic acids is 1. The third kappa shape index (κ3) is 3.40. The average molecular weight is 246 g/mol. The molecule has 1 aromatic rings. The molecule has 1 aliphatic heterocycles. The molecule has 98 valence electrons. The summed E-state index contributed by atoms with van der Waals surface area (Å²) in [5.74, 6) is 0.251. The lowest BCUT2D eigenvalue weighted by molar-refractivity contribution is 0.0918. The molecule has 1 fully saturated rings. The molecule has 3 heteroatoms. The number of piperazine rings is 1. The first-order valence-corrected chi connectivity index (χ1v) is 6.71. The van der Waals surface area contributed by atoms with Crippen molar-refractivity contribution in [2.45, 2.75) is 26.3 Å². The van der Waals surface area contributed by atoms with E-state index >= 15 is 0 Å². The van der Waals surface area contributed by atoms with Gasteiger partial charge in [0, 0.05) is 44.2 Å². The van der Waals surface area contributed by atoms with Gasteiger partial charge >= 0.3 is 0 Å². The number of ketones is 1. The zero-order valence-corrected chi connectivity index (χ0v) is 11.3. The van der Waals surface area contributed by atoms with Crippen LogP contribution in [0.4, 0.5) is 0 Å².